The maximum atomic E-state index is 12.9. The monoisotopic (exact) mass is 1130 g/mol. The summed E-state index contributed by atoms with van der Waals surface area (Å²) in [6, 6.07) is 0. The van der Waals surface area contributed by atoms with Gasteiger partial charge in [0.15, 0.2) is 6.10 Å². The molecule has 0 aliphatic rings. The third-order valence-electron chi connectivity index (χ3n) is 15.0. The fourth-order valence-electron chi connectivity index (χ4n) is 9.85. The Balaban J connectivity index is 4.34. The van der Waals surface area contributed by atoms with E-state index in [1.54, 1.807) is 0 Å². The summed E-state index contributed by atoms with van der Waals surface area (Å²) in [4.78, 5) is 38.4. The minimum atomic E-state index is -0.791. The minimum absolute atomic E-state index is 0.0848. The highest BCUT2D eigenvalue weighted by Crippen LogP contribution is 2.17. The van der Waals surface area contributed by atoms with Crippen molar-refractivity contribution in [2.45, 2.75) is 348 Å². The largest absolute Gasteiger partial charge is 0.462 e. The van der Waals surface area contributed by atoms with Crippen molar-refractivity contribution >= 4 is 17.9 Å². The van der Waals surface area contributed by atoms with Crippen LogP contribution in [0.2, 0.25) is 0 Å². The fraction of sp³-hybridized carbons (Fsp3) is 0.747. The molecule has 81 heavy (non-hydrogen) atoms. The van der Waals surface area contributed by atoms with Gasteiger partial charge in [0.05, 0.1) is 0 Å². The predicted octanol–water partition coefficient (Wildman–Crippen LogP) is 24.0. The number of allylic oxidation sites excluding steroid dienone is 16. The Kier molecular flexibility index (Phi) is 65.7. The van der Waals surface area contributed by atoms with Gasteiger partial charge < -0.3 is 14.2 Å². The van der Waals surface area contributed by atoms with Crippen molar-refractivity contribution in [1.29, 1.82) is 0 Å². The molecule has 0 spiro atoms. The van der Waals surface area contributed by atoms with Crippen molar-refractivity contribution in [1.82, 2.24) is 0 Å². The summed E-state index contributed by atoms with van der Waals surface area (Å²) >= 11 is 0. The summed E-state index contributed by atoms with van der Waals surface area (Å²) in [5.41, 5.74) is 0. The number of carbonyl (C=O) groups excluding carboxylic acids is 3. The lowest BCUT2D eigenvalue weighted by molar-refractivity contribution is -0.167. The van der Waals surface area contributed by atoms with E-state index in [4.69, 9.17) is 14.2 Å². The van der Waals surface area contributed by atoms with E-state index >= 15 is 0 Å². The molecule has 0 rings (SSSR count). The van der Waals surface area contributed by atoms with Gasteiger partial charge in [0.1, 0.15) is 13.2 Å². The molecule has 0 aliphatic heterocycles. The lowest BCUT2D eigenvalue weighted by atomic mass is 10.0. The number of ether oxygens (including phenoxy) is 3. The van der Waals surface area contributed by atoms with Gasteiger partial charge in [-0.1, -0.05) is 298 Å². The number of hydrogen-bond donors (Lipinski definition) is 0. The maximum Gasteiger partial charge on any atom is 0.306 e. The molecule has 0 aromatic heterocycles. The van der Waals surface area contributed by atoms with E-state index in [1.165, 1.54) is 186 Å². The van der Waals surface area contributed by atoms with Crippen LogP contribution < -0.4 is 0 Å². The molecule has 0 fully saturated rings. The molecule has 6 nitrogen and oxygen atoms in total. The molecule has 0 N–H and O–H groups in total. The Morgan fingerprint density at radius 3 is 0.778 bits per heavy atom. The van der Waals surface area contributed by atoms with Gasteiger partial charge in [-0.2, -0.15) is 0 Å². The first-order chi connectivity index (χ1) is 40.0. The molecule has 6 heteroatoms. The van der Waals surface area contributed by atoms with E-state index < -0.39 is 6.10 Å². The lowest BCUT2D eigenvalue weighted by Crippen LogP contribution is -2.30. The molecule has 0 saturated heterocycles. The Morgan fingerprint density at radius 1 is 0.259 bits per heavy atom. The molecule has 1 atom stereocenters. The average Bonchev–Trinajstić information content (AvgIpc) is 3.47. The van der Waals surface area contributed by atoms with Crippen molar-refractivity contribution in [3.05, 3.63) is 97.2 Å². The van der Waals surface area contributed by atoms with Gasteiger partial charge in [-0.15, -0.1) is 0 Å². The van der Waals surface area contributed by atoms with Crippen molar-refractivity contribution in [3.63, 3.8) is 0 Å². The molecule has 0 aromatic rings. The first-order valence-corrected chi connectivity index (χ1v) is 34.7. The van der Waals surface area contributed by atoms with E-state index in [2.05, 4.69) is 118 Å². The van der Waals surface area contributed by atoms with Crippen LogP contribution in [-0.4, -0.2) is 37.2 Å². The Labute approximate surface area is 502 Å². The first kappa shape index (κ1) is 77.3. The van der Waals surface area contributed by atoms with Crippen LogP contribution in [0, 0.1) is 0 Å². The molecular weight excluding hydrogens is 997 g/mol. The van der Waals surface area contributed by atoms with Gasteiger partial charge in [0, 0.05) is 19.3 Å². The van der Waals surface area contributed by atoms with E-state index in [0.29, 0.717) is 19.3 Å². The average molecular weight is 1130 g/mol. The normalized spacial score (nSPS) is 12.7. The molecule has 1 unspecified atom stereocenters. The second-order valence-corrected chi connectivity index (χ2v) is 23.1. The molecule has 0 amide bonds. The van der Waals surface area contributed by atoms with Gasteiger partial charge in [0.2, 0.25) is 0 Å². The molecule has 466 valence electrons. The van der Waals surface area contributed by atoms with Gasteiger partial charge in [-0.05, 0) is 122 Å². The van der Waals surface area contributed by atoms with Gasteiger partial charge in [0.25, 0.3) is 0 Å². The summed E-state index contributed by atoms with van der Waals surface area (Å²) in [7, 11) is 0. The van der Waals surface area contributed by atoms with E-state index in [-0.39, 0.29) is 31.1 Å². The topological polar surface area (TPSA) is 78.9 Å². The molecule has 0 heterocycles. The Morgan fingerprint density at radius 2 is 0.481 bits per heavy atom. The summed E-state index contributed by atoms with van der Waals surface area (Å²) < 4.78 is 17.0. The van der Waals surface area contributed by atoms with Crippen molar-refractivity contribution < 1.29 is 28.6 Å². The summed E-state index contributed by atoms with van der Waals surface area (Å²) in [5.74, 6) is -0.894. The highest BCUT2D eigenvalue weighted by Gasteiger charge is 2.19. The molecule has 0 aliphatic carbocycles. The smallest absolute Gasteiger partial charge is 0.306 e. The molecule has 0 saturated carbocycles. The van der Waals surface area contributed by atoms with Crippen LogP contribution >= 0.6 is 0 Å². The van der Waals surface area contributed by atoms with E-state index in [9.17, 15) is 14.4 Å². The quantitative estimate of drug-likeness (QED) is 0.0261. The minimum Gasteiger partial charge on any atom is -0.462 e. The third kappa shape index (κ3) is 67.0. The standard InChI is InChI=1S/C75H130O6/c1-4-7-10-13-16-19-22-25-28-31-33-34-35-36-37-38-39-40-42-44-47-50-53-56-59-62-65-68-74(77)80-71-72(70-79-73(76)67-64-61-58-55-52-49-46-43-30-27-24-21-18-15-12-9-6-3)81-75(78)69-66-63-60-57-54-51-48-45-41-32-29-26-23-20-17-14-11-8-5-2/h9,12,17-18,20-22,25-27,29-31,33,41,45,72H,4-8,10-11,13-16,19,23-24,28,32,34-40,42-44,46-71H2,1-3H3/b12-9-,20-17-,21-18-,25-22-,29-26-,30-27-,33-31-,45-41-. The van der Waals surface area contributed by atoms with Crippen molar-refractivity contribution in [2.24, 2.45) is 0 Å². The predicted molar refractivity (Wildman–Crippen MR) is 353 cm³/mol. The second kappa shape index (κ2) is 68.8. The van der Waals surface area contributed by atoms with Crippen molar-refractivity contribution in [3.8, 4) is 0 Å². The molecule has 0 bridgehead atoms. The zero-order valence-corrected chi connectivity index (χ0v) is 53.5. The van der Waals surface area contributed by atoms with Crippen LogP contribution in [0.15, 0.2) is 97.2 Å². The van der Waals surface area contributed by atoms with Crippen LogP contribution in [-0.2, 0) is 28.6 Å². The Bertz CT molecular complexity index is 1580. The van der Waals surface area contributed by atoms with Crippen LogP contribution in [0.25, 0.3) is 0 Å². The Hall–Kier alpha value is -3.67. The number of carbonyl (C=O) groups is 3. The number of unbranched alkanes of at least 4 members (excludes halogenated alkanes) is 36. The summed E-state index contributed by atoms with van der Waals surface area (Å²) in [6.07, 6.45) is 92.8. The highest BCUT2D eigenvalue weighted by atomic mass is 16.6. The molecular formula is C75H130O6. The molecule has 0 radical (unpaired) electrons. The second-order valence-electron chi connectivity index (χ2n) is 23.1. The van der Waals surface area contributed by atoms with Gasteiger partial charge in [-0.3, -0.25) is 14.4 Å². The number of hydrogen-bond acceptors (Lipinski definition) is 6. The fourth-order valence-corrected chi connectivity index (χ4v) is 9.85. The number of rotatable bonds is 63. The van der Waals surface area contributed by atoms with E-state index in [0.717, 1.165) is 116 Å². The van der Waals surface area contributed by atoms with Crippen LogP contribution in [0.4, 0.5) is 0 Å². The zero-order valence-electron chi connectivity index (χ0n) is 53.5. The van der Waals surface area contributed by atoms with Gasteiger partial charge in [-0.25, -0.2) is 0 Å². The lowest BCUT2D eigenvalue weighted by Gasteiger charge is -2.18. The maximum absolute atomic E-state index is 12.9. The van der Waals surface area contributed by atoms with Crippen LogP contribution in [0.3, 0.4) is 0 Å². The number of esters is 3. The molecule has 0 aromatic carbocycles. The summed E-state index contributed by atoms with van der Waals surface area (Å²) in [5, 5.41) is 0. The van der Waals surface area contributed by atoms with Crippen LogP contribution in [0.5, 0.6) is 0 Å². The SMILES string of the molecule is CC/C=C\C/C=C\C/C=C\CCCCCCCCCC(=O)OCC(COC(=O)CCCCCCCCCCCCCCCCC/C=C\C/C=C\CCCCCCC)OC(=O)CCCCCCCC/C=C\C/C=C\C/C=C\CCCCC. The van der Waals surface area contributed by atoms with Crippen LogP contribution in [0.1, 0.15) is 342 Å². The third-order valence-corrected chi connectivity index (χ3v) is 15.0. The first-order valence-electron chi connectivity index (χ1n) is 34.7. The highest BCUT2D eigenvalue weighted by molar-refractivity contribution is 5.71. The van der Waals surface area contributed by atoms with Crippen molar-refractivity contribution in [2.75, 3.05) is 13.2 Å². The van der Waals surface area contributed by atoms with Gasteiger partial charge >= 0.3 is 17.9 Å². The summed E-state index contributed by atoms with van der Waals surface area (Å²) in [6.45, 7) is 6.51. The zero-order chi connectivity index (χ0) is 58.5. The van der Waals surface area contributed by atoms with E-state index in [1.807, 2.05) is 0 Å².